The van der Waals surface area contributed by atoms with E-state index < -0.39 is 10.0 Å². The van der Waals surface area contributed by atoms with Crippen molar-refractivity contribution >= 4 is 10.0 Å². The molecule has 0 amide bonds. The van der Waals surface area contributed by atoms with Crippen molar-refractivity contribution in [1.82, 2.24) is 9.71 Å². The molecule has 0 aromatic carbocycles. The number of nitrogens with one attached hydrogen (secondary N) is 1. The summed E-state index contributed by atoms with van der Waals surface area (Å²) in [4.78, 5) is 3.92. The number of pyridine rings is 1. The predicted molar refractivity (Wildman–Crippen MR) is 114 cm³/mol. The van der Waals surface area contributed by atoms with E-state index in [1.54, 1.807) is 26.6 Å². The van der Waals surface area contributed by atoms with Crippen LogP contribution in [0, 0.1) is 5.92 Å². The first-order valence-corrected chi connectivity index (χ1v) is 9.92. The fourth-order valence-corrected chi connectivity index (χ4v) is 3.14. The molecular formula is C19H41N3O4S. The smallest absolute Gasteiger partial charge is 0.208 e. The Kier molecular flexibility index (Phi) is 17.9. The SMILES string of the molecule is C.C.C.COC1CCCC(CNS(C)(=O)=O)C1.COc1cncc(CN)c1. The second kappa shape index (κ2) is 15.8. The normalized spacial score (nSPS) is 18.5. The maximum Gasteiger partial charge on any atom is 0.208 e. The lowest BCUT2D eigenvalue weighted by molar-refractivity contribution is 0.0517. The molecule has 1 fully saturated rings. The average molecular weight is 408 g/mol. The molecule has 1 aromatic rings. The first-order valence-electron chi connectivity index (χ1n) is 8.03. The molecule has 1 heterocycles. The van der Waals surface area contributed by atoms with Gasteiger partial charge in [-0.3, -0.25) is 4.98 Å². The fraction of sp³-hybridized carbons (Fsp3) is 0.737. The molecule has 2 rings (SSSR count). The topological polar surface area (TPSA) is 104 Å². The number of sulfonamides is 1. The van der Waals surface area contributed by atoms with Crippen LogP contribution in [0.3, 0.4) is 0 Å². The summed E-state index contributed by atoms with van der Waals surface area (Å²) in [5.41, 5.74) is 6.36. The molecule has 1 saturated carbocycles. The van der Waals surface area contributed by atoms with Gasteiger partial charge < -0.3 is 15.2 Å². The third kappa shape index (κ3) is 13.6. The first-order chi connectivity index (χ1) is 11.4. The van der Waals surface area contributed by atoms with Crippen molar-refractivity contribution < 1.29 is 17.9 Å². The fourth-order valence-electron chi connectivity index (χ4n) is 2.60. The summed E-state index contributed by atoms with van der Waals surface area (Å²) in [7, 11) is 0.289. The van der Waals surface area contributed by atoms with E-state index >= 15 is 0 Å². The molecule has 27 heavy (non-hydrogen) atoms. The molecule has 0 saturated heterocycles. The third-order valence-electron chi connectivity index (χ3n) is 3.94. The Balaban J connectivity index is -0.000000400. The molecule has 1 aromatic heterocycles. The van der Waals surface area contributed by atoms with Gasteiger partial charge in [0.25, 0.3) is 0 Å². The van der Waals surface area contributed by atoms with Gasteiger partial charge in [-0.25, -0.2) is 13.1 Å². The van der Waals surface area contributed by atoms with Crippen LogP contribution in [0.25, 0.3) is 0 Å². The van der Waals surface area contributed by atoms with E-state index in [2.05, 4.69) is 9.71 Å². The van der Waals surface area contributed by atoms with Crippen molar-refractivity contribution in [2.75, 3.05) is 27.0 Å². The molecule has 7 nitrogen and oxygen atoms in total. The second-order valence-electron chi connectivity index (χ2n) is 5.95. The molecular weight excluding hydrogens is 366 g/mol. The Morgan fingerprint density at radius 1 is 1.22 bits per heavy atom. The summed E-state index contributed by atoms with van der Waals surface area (Å²) in [5.74, 6) is 1.19. The van der Waals surface area contributed by atoms with Crippen LogP contribution in [0.4, 0.5) is 0 Å². The van der Waals surface area contributed by atoms with Gasteiger partial charge in [0.1, 0.15) is 5.75 Å². The van der Waals surface area contributed by atoms with Crippen molar-refractivity contribution in [3.05, 3.63) is 24.0 Å². The lowest BCUT2D eigenvalue weighted by Gasteiger charge is -2.27. The molecule has 0 bridgehead atoms. The Morgan fingerprint density at radius 3 is 2.41 bits per heavy atom. The Bertz CT molecular complexity index is 563. The Labute approximate surface area is 167 Å². The van der Waals surface area contributed by atoms with E-state index in [0.29, 0.717) is 25.1 Å². The standard InChI is InChI=1S/C9H19NO3S.C7H10N2O.3CH4/c1-13-9-5-3-4-8(6-9)7-10-14(2,11)12;1-10-7-2-6(3-8)4-9-5-7;;;/h8-10H,3-7H2,1-2H3;2,4-5H,3,8H2,1H3;3*1H4. The number of rotatable bonds is 6. The van der Waals surface area contributed by atoms with Crippen LogP contribution in [0.2, 0.25) is 0 Å². The molecule has 2 unspecified atom stereocenters. The molecule has 0 spiro atoms. The van der Waals surface area contributed by atoms with Crippen LogP contribution in [0.15, 0.2) is 18.5 Å². The monoisotopic (exact) mass is 407 g/mol. The van der Waals surface area contributed by atoms with E-state index in [9.17, 15) is 8.42 Å². The van der Waals surface area contributed by atoms with Crippen molar-refractivity contribution in [3.63, 3.8) is 0 Å². The van der Waals surface area contributed by atoms with Gasteiger partial charge in [0.05, 0.1) is 25.7 Å². The largest absolute Gasteiger partial charge is 0.495 e. The van der Waals surface area contributed by atoms with Gasteiger partial charge >= 0.3 is 0 Å². The highest BCUT2D eigenvalue weighted by Gasteiger charge is 2.22. The minimum absolute atomic E-state index is 0. The van der Waals surface area contributed by atoms with E-state index in [1.807, 2.05) is 6.07 Å². The number of methoxy groups -OCH3 is 2. The van der Waals surface area contributed by atoms with Gasteiger partial charge in [-0.2, -0.15) is 0 Å². The highest BCUT2D eigenvalue weighted by Crippen LogP contribution is 2.25. The van der Waals surface area contributed by atoms with Crippen LogP contribution < -0.4 is 15.2 Å². The van der Waals surface area contributed by atoms with E-state index in [0.717, 1.165) is 37.0 Å². The molecule has 2 atom stereocenters. The maximum absolute atomic E-state index is 10.9. The highest BCUT2D eigenvalue weighted by atomic mass is 32.2. The van der Waals surface area contributed by atoms with Crippen LogP contribution in [0.1, 0.15) is 53.5 Å². The number of nitrogens with zero attached hydrogens (tertiary/aromatic N) is 1. The summed E-state index contributed by atoms with van der Waals surface area (Å²) >= 11 is 0. The van der Waals surface area contributed by atoms with Gasteiger partial charge in [0.2, 0.25) is 10.0 Å². The van der Waals surface area contributed by atoms with Crippen molar-refractivity contribution in [3.8, 4) is 5.75 Å². The number of hydrogen-bond donors (Lipinski definition) is 2. The van der Waals surface area contributed by atoms with Crippen LogP contribution >= 0.6 is 0 Å². The van der Waals surface area contributed by atoms with E-state index in [1.165, 1.54) is 6.26 Å². The van der Waals surface area contributed by atoms with Gasteiger partial charge in [-0.15, -0.1) is 0 Å². The quantitative estimate of drug-likeness (QED) is 0.750. The molecule has 0 aliphatic heterocycles. The zero-order valence-corrected chi connectivity index (χ0v) is 15.5. The molecule has 8 heteroatoms. The summed E-state index contributed by atoms with van der Waals surface area (Å²) in [6.07, 6.45) is 9.20. The van der Waals surface area contributed by atoms with E-state index in [4.69, 9.17) is 15.2 Å². The molecule has 3 N–H and O–H groups in total. The van der Waals surface area contributed by atoms with Crippen LogP contribution in [-0.2, 0) is 21.3 Å². The lowest BCUT2D eigenvalue weighted by atomic mass is 9.87. The minimum Gasteiger partial charge on any atom is -0.495 e. The zero-order valence-electron chi connectivity index (χ0n) is 14.7. The van der Waals surface area contributed by atoms with Crippen molar-refractivity contribution in [2.45, 2.75) is 60.6 Å². The molecule has 162 valence electrons. The molecule has 1 aliphatic carbocycles. The lowest BCUT2D eigenvalue weighted by Crippen LogP contribution is -2.32. The van der Waals surface area contributed by atoms with Crippen molar-refractivity contribution in [2.24, 2.45) is 11.7 Å². The number of nitrogens with two attached hydrogens (primary N) is 1. The van der Waals surface area contributed by atoms with Crippen LogP contribution in [-0.4, -0.2) is 46.5 Å². The Morgan fingerprint density at radius 2 is 1.89 bits per heavy atom. The van der Waals surface area contributed by atoms with E-state index in [-0.39, 0.29) is 22.3 Å². The van der Waals surface area contributed by atoms with Crippen molar-refractivity contribution in [1.29, 1.82) is 0 Å². The highest BCUT2D eigenvalue weighted by molar-refractivity contribution is 7.88. The third-order valence-corrected chi connectivity index (χ3v) is 4.63. The van der Waals surface area contributed by atoms with Gasteiger partial charge in [0, 0.05) is 26.4 Å². The second-order valence-corrected chi connectivity index (χ2v) is 7.78. The molecule has 0 radical (unpaired) electrons. The number of aromatic nitrogens is 1. The summed E-state index contributed by atoms with van der Waals surface area (Å²) in [6, 6.07) is 1.87. The van der Waals surface area contributed by atoms with Crippen LogP contribution in [0.5, 0.6) is 5.75 Å². The summed E-state index contributed by atoms with van der Waals surface area (Å²) < 4.78 is 34.5. The molecule has 1 aliphatic rings. The van der Waals surface area contributed by atoms with Gasteiger partial charge in [0.15, 0.2) is 0 Å². The Hall–Kier alpha value is -1.22. The predicted octanol–water partition coefficient (Wildman–Crippen LogP) is 3.20. The number of ether oxygens (including phenoxy) is 2. The maximum atomic E-state index is 10.9. The van der Waals surface area contributed by atoms with Gasteiger partial charge in [-0.05, 0) is 36.8 Å². The van der Waals surface area contributed by atoms with Gasteiger partial charge in [-0.1, -0.05) is 28.7 Å². The zero-order chi connectivity index (χ0) is 18.0. The average Bonchev–Trinajstić information content (AvgIpc) is 2.60. The first kappa shape index (κ1) is 30.5. The summed E-state index contributed by atoms with van der Waals surface area (Å²) in [5, 5.41) is 0. The minimum atomic E-state index is -3.04. The summed E-state index contributed by atoms with van der Waals surface area (Å²) in [6.45, 7) is 1.06. The number of hydrogen-bond acceptors (Lipinski definition) is 6.